The maximum absolute atomic E-state index is 12.4. The fourth-order valence-electron chi connectivity index (χ4n) is 13.2. The van der Waals surface area contributed by atoms with Gasteiger partial charge in [-0.2, -0.15) is 0 Å². The van der Waals surface area contributed by atoms with E-state index in [4.69, 9.17) is 9.47 Å². The van der Waals surface area contributed by atoms with Crippen LogP contribution < -0.4 is 0 Å². The molecule has 0 amide bonds. The van der Waals surface area contributed by atoms with E-state index in [9.17, 15) is 14.7 Å². The number of esters is 2. The first kappa shape index (κ1) is 88.9. The minimum atomic E-state index is -0.770. The molecule has 0 fully saturated rings. The highest BCUT2D eigenvalue weighted by Crippen LogP contribution is 2.21. The van der Waals surface area contributed by atoms with Gasteiger partial charge in [0.1, 0.15) is 6.61 Å². The van der Waals surface area contributed by atoms with E-state index in [0.29, 0.717) is 12.8 Å². The molecular weight excluding hydrogens is 1110 g/mol. The van der Waals surface area contributed by atoms with Crippen molar-refractivity contribution in [1.82, 2.24) is 0 Å². The average Bonchev–Trinajstić information content (AvgIpc) is 3.67. The molecule has 0 aliphatic heterocycles. The maximum Gasteiger partial charge on any atom is 0.306 e. The first-order chi connectivity index (χ1) is 45.1. The summed E-state index contributed by atoms with van der Waals surface area (Å²) in [5.41, 5.74) is 0. The summed E-state index contributed by atoms with van der Waals surface area (Å²) >= 11 is 0. The van der Waals surface area contributed by atoms with Gasteiger partial charge in [0.05, 0.1) is 6.61 Å². The number of hydrogen-bond donors (Lipinski definition) is 1. The Labute approximate surface area is 570 Å². The third-order valence-electron chi connectivity index (χ3n) is 19.4. The van der Waals surface area contributed by atoms with Crippen molar-refractivity contribution in [2.75, 3.05) is 13.2 Å². The molecule has 0 aromatic carbocycles. The first-order valence-electron chi connectivity index (χ1n) is 41.7. The highest BCUT2D eigenvalue weighted by molar-refractivity contribution is 5.70. The van der Waals surface area contributed by atoms with Crippen LogP contribution in [0.15, 0.2) is 48.6 Å². The fraction of sp³-hybridized carbons (Fsp3) is 0.884. The van der Waals surface area contributed by atoms with Gasteiger partial charge in [-0.25, -0.2) is 0 Å². The van der Waals surface area contributed by atoms with Crippen LogP contribution in [0.2, 0.25) is 0 Å². The van der Waals surface area contributed by atoms with Crippen LogP contribution in [0.4, 0.5) is 0 Å². The highest BCUT2D eigenvalue weighted by Gasteiger charge is 2.16. The van der Waals surface area contributed by atoms with E-state index in [1.54, 1.807) is 0 Å². The maximum atomic E-state index is 12.4. The van der Waals surface area contributed by atoms with Gasteiger partial charge >= 0.3 is 11.9 Å². The van der Waals surface area contributed by atoms with Crippen LogP contribution >= 0.6 is 0 Å². The van der Waals surface area contributed by atoms with Crippen molar-refractivity contribution in [2.24, 2.45) is 0 Å². The summed E-state index contributed by atoms with van der Waals surface area (Å²) in [6.07, 6.45) is 112. The number of unbranched alkanes of at least 4 members (excludes halogenated alkanes) is 63. The Morgan fingerprint density at radius 1 is 0.264 bits per heavy atom. The molecule has 0 spiro atoms. The van der Waals surface area contributed by atoms with Crippen LogP contribution in [0.5, 0.6) is 0 Å². The van der Waals surface area contributed by atoms with Gasteiger partial charge in [0.15, 0.2) is 6.10 Å². The summed E-state index contributed by atoms with van der Waals surface area (Å²) in [7, 11) is 0. The standard InChI is InChI=1S/C86H162O5/c1-3-5-7-9-11-13-15-17-19-21-23-25-27-29-31-33-35-37-39-41-43-45-47-49-51-53-55-57-59-61-63-65-67-69-71-73-75-77-79-81-86(89)91-84(82-87)83-90-85(88)80-78-76-74-72-70-68-66-64-62-60-58-56-54-52-50-48-46-44-42-40-38-36-34-32-30-28-26-24-22-20-18-16-14-12-10-8-6-4-2/h5,7,11,13,17,19,23,25,84,87H,3-4,6,8-10,12,14-16,18,20-22,24,26-83H2,1-2H3/b7-5-,13-11-,19-17-,25-23-. The minimum absolute atomic E-state index is 0.0578. The van der Waals surface area contributed by atoms with Crippen molar-refractivity contribution >= 4 is 11.9 Å². The molecule has 0 aliphatic carbocycles. The molecule has 0 aliphatic rings. The molecule has 0 radical (unpaired) electrons. The summed E-state index contributed by atoms with van der Waals surface area (Å²) in [5.74, 6) is -0.560. The molecule has 0 heterocycles. The van der Waals surface area contributed by atoms with E-state index in [-0.39, 0.29) is 25.2 Å². The van der Waals surface area contributed by atoms with Crippen molar-refractivity contribution in [3.8, 4) is 0 Å². The van der Waals surface area contributed by atoms with Gasteiger partial charge in [-0.1, -0.05) is 454 Å². The predicted molar refractivity (Wildman–Crippen MR) is 404 cm³/mol. The number of rotatable bonds is 79. The third kappa shape index (κ3) is 80.2. The molecule has 0 saturated carbocycles. The van der Waals surface area contributed by atoms with E-state index in [1.165, 1.54) is 385 Å². The average molecular weight is 1280 g/mol. The zero-order chi connectivity index (χ0) is 65.4. The molecule has 0 aromatic rings. The molecule has 536 valence electrons. The first-order valence-corrected chi connectivity index (χ1v) is 41.7. The molecule has 0 aromatic heterocycles. The topological polar surface area (TPSA) is 72.8 Å². The second-order valence-corrected chi connectivity index (χ2v) is 28.5. The third-order valence-corrected chi connectivity index (χ3v) is 19.4. The Morgan fingerprint density at radius 3 is 0.714 bits per heavy atom. The smallest absolute Gasteiger partial charge is 0.306 e. The van der Waals surface area contributed by atoms with Crippen LogP contribution in [0.1, 0.15) is 470 Å². The molecule has 1 N–H and O–H groups in total. The summed E-state index contributed by atoms with van der Waals surface area (Å²) in [4.78, 5) is 24.7. The molecule has 1 atom stereocenters. The molecule has 0 saturated heterocycles. The van der Waals surface area contributed by atoms with Gasteiger partial charge in [-0.05, 0) is 51.4 Å². The lowest BCUT2D eigenvalue weighted by molar-refractivity contribution is -0.161. The van der Waals surface area contributed by atoms with Gasteiger partial charge in [0.2, 0.25) is 0 Å². The molecule has 0 rings (SSSR count). The van der Waals surface area contributed by atoms with Gasteiger partial charge in [-0.15, -0.1) is 0 Å². The van der Waals surface area contributed by atoms with Crippen molar-refractivity contribution in [3.05, 3.63) is 48.6 Å². The number of carbonyl (C=O) groups is 2. The number of ether oxygens (including phenoxy) is 2. The Morgan fingerprint density at radius 2 is 0.473 bits per heavy atom. The lowest BCUT2D eigenvalue weighted by atomic mass is 10.0. The van der Waals surface area contributed by atoms with Crippen LogP contribution in [0, 0.1) is 0 Å². The van der Waals surface area contributed by atoms with Crippen molar-refractivity contribution < 1.29 is 24.2 Å². The van der Waals surface area contributed by atoms with Crippen molar-refractivity contribution in [2.45, 2.75) is 476 Å². The molecule has 5 nitrogen and oxygen atoms in total. The molecule has 5 heteroatoms. The second kappa shape index (κ2) is 82.1. The Hall–Kier alpha value is -2.14. The summed E-state index contributed by atoms with van der Waals surface area (Å²) < 4.78 is 10.8. The minimum Gasteiger partial charge on any atom is -0.462 e. The SMILES string of the molecule is CC/C=C\C/C=C\C/C=C\C/C=C\CCCCCCCCCCCCCCCCCCCCCCCCCCCCC(=O)OC(CO)COC(=O)CCCCCCCCCCCCCCCCCCCCCCCCCCCCCCCCCCCCCCCC. The normalized spacial score (nSPS) is 12.3. The highest BCUT2D eigenvalue weighted by atomic mass is 16.6. The van der Waals surface area contributed by atoms with Crippen LogP contribution in [-0.4, -0.2) is 36.4 Å². The molecule has 1 unspecified atom stereocenters. The van der Waals surface area contributed by atoms with E-state index in [1.807, 2.05) is 0 Å². The predicted octanol–water partition coefficient (Wildman–Crippen LogP) is 29.4. The quantitative estimate of drug-likeness (QED) is 0.0373. The molecule has 0 bridgehead atoms. The molecule has 91 heavy (non-hydrogen) atoms. The largest absolute Gasteiger partial charge is 0.462 e. The van der Waals surface area contributed by atoms with E-state index in [2.05, 4.69) is 62.5 Å². The summed E-state index contributed by atoms with van der Waals surface area (Å²) in [5, 5.41) is 9.74. The Kier molecular flexibility index (Phi) is 80.2. The Balaban J connectivity index is 3.34. The number of allylic oxidation sites excluding steroid dienone is 8. The summed E-state index contributed by atoms with van der Waals surface area (Å²) in [6, 6.07) is 0. The summed E-state index contributed by atoms with van der Waals surface area (Å²) in [6.45, 7) is 4.11. The lowest BCUT2D eigenvalue weighted by Gasteiger charge is -2.15. The van der Waals surface area contributed by atoms with Crippen LogP contribution in [0.3, 0.4) is 0 Å². The monoisotopic (exact) mass is 1280 g/mol. The second-order valence-electron chi connectivity index (χ2n) is 28.5. The number of hydrogen-bond acceptors (Lipinski definition) is 5. The number of aliphatic hydroxyl groups excluding tert-OH is 1. The van der Waals surface area contributed by atoms with E-state index in [0.717, 1.165) is 57.8 Å². The van der Waals surface area contributed by atoms with Crippen molar-refractivity contribution in [3.63, 3.8) is 0 Å². The molecular formula is C86H162O5. The van der Waals surface area contributed by atoms with Gasteiger partial charge in [0.25, 0.3) is 0 Å². The fourth-order valence-corrected chi connectivity index (χ4v) is 13.2. The Bertz CT molecular complexity index is 1500. The zero-order valence-corrected chi connectivity index (χ0v) is 61.9. The van der Waals surface area contributed by atoms with Crippen LogP contribution in [-0.2, 0) is 19.1 Å². The van der Waals surface area contributed by atoms with E-state index >= 15 is 0 Å². The zero-order valence-electron chi connectivity index (χ0n) is 61.9. The van der Waals surface area contributed by atoms with E-state index < -0.39 is 6.10 Å². The van der Waals surface area contributed by atoms with Gasteiger partial charge in [0, 0.05) is 12.8 Å². The van der Waals surface area contributed by atoms with Gasteiger partial charge < -0.3 is 14.6 Å². The number of aliphatic hydroxyl groups is 1. The van der Waals surface area contributed by atoms with Gasteiger partial charge in [-0.3, -0.25) is 9.59 Å². The number of carbonyl (C=O) groups excluding carboxylic acids is 2. The van der Waals surface area contributed by atoms with Crippen molar-refractivity contribution in [1.29, 1.82) is 0 Å². The lowest BCUT2D eigenvalue weighted by Crippen LogP contribution is -2.28. The van der Waals surface area contributed by atoms with Crippen LogP contribution in [0.25, 0.3) is 0 Å².